The molecule has 17 heavy (non-hydrogen) atoms. The van der Waals surface area contributed by atoms with Crippen LogP contribution in [0.25, 0.3) is 0 Å². The van der Waals surface area contributed by atoms with Crippen molar-refractivity contribution in [2.75, 3.05) is 17.6 Å². The second-order valence-electron chi connectivity index (χ2n) is 4.12. The first-order valence-electron chi connectivity index (χ1n) is 5.28. The van der Waals surface area contributed by atoms with Gasteiger partial charge in [-0.3, -0.25) is 4.31 Å². The van der Waals surface area contributed by atoms with E-state index in [-0.39, 0.29) is 0 Å². The summed E-state index contributed by atoms with van der Waals surface area (Å²) in [5.74, 6) is 0. The van der Waals surface area contributed by atoms with Gasteiger partial charge in [0.25, 0.3) is 0 Å². The van der Waals surface area contributed by atoms with Crippen molar-refractivity contribution in [1.82, 2.24) is 15.3 Å². The Hall–Kier alpha value is -1.21. The quantitative estimate of drug-likeness (QED) is 0.826. The smallest absolute Gasteiger partial charge is 0.232 e. The van der Waals surface area contributed by atoms with Gasteiger partial charge in [-0.2, -0.15) is 0 Å². The highest BCUT2D eigenvalue weighted by molar-refractivity contribution is 7.92. The van der Waals surface area contributed by atoms with Crippen LogP contribution in [0.15, 0.2) is 12.5 Å². The molecule has 0 spiro atoms. The molecule has 0 aliphatic heterocycles. The van der Waals surface area contributed by atoms with Gasteiger partial charge < -0.3 is 5.32 Å². The summed E-state index contributed by atoms with van der Waals surface area (Å²) in [6.45, 7) is 4.54. The maximum absolute atomic E-state index is 11.5. The molecule has 0 aliphatic carbocycles. The lowest BCUT2D eigenvalue weighted by Crippen LogP contribution is -2.29. The molecule has 0 atom stereocenters. The lowest BCUT2D eigenvalue weighted by Gasteiger charge is -2.19. The van der Waals surface area contributed by atoms with E-state index in [4.69, 9.17) is 0 Å². The number of rotatable bonds is 5. The third-order valence-corrected chi connectivity index (χ3v) is 3.48. The van der Waals surface area contributed by atoms with Gasteiger partial charge in [0.05, 0.1) is 23.8 Å². The minimum absolute atomic E-state index is 0.307. The number of anilines is 1. The van der Waals surface area contributed by atoms with Crippen LogP contribution in [0.1, 0.15) is 19.5 Å². The minimum Gasteiger partial charge on any atom is -0.309 e. The zero-order valence-electron chi connectivity index (χ0n) is 10.5. The standard InChI is InChI=1S/C10H18N4O2S/c1-8(2)12-5-9-10(6-11-7-13-9)14(3)17(4,15)16/h6-8,12H,5H2,1-4H3. The molecule has 1 aromatic rings. The molecule has 6 nitrogen and oxygen atoms in total. The summed E-state index contributed by atoms with van der Waals surface area (Å²) in [4.78, 5) is 7.97. The van der Waals surface area contributed by atoms with E-state index in [0.717, 1.165) is 6.26 Å². The van der Waals surface area contributed by atoms with E-state index in [0.29, 0.717) is 24.0 Å². The van der Waals surface area contributed by atoms with Crippen LogP contribution in [0, 0.1) is 0 Å². The Labute approximate surface area is 102 Å². The lowest BCUT2D eigenvalue weighted by molar-refractivity contribution is 0.579. The fraction of sp³-hybridized carbons (Fsp3) is 0.600. The van der Waals surface area contributed by atoms with Gasteiger partial charge in [0.1, 0.15) is 6.33 Å². The van der Waals surface area contributed by atoms with Gasteiger partial charge >= 0.3 is 0 Å². The summed E-state index contributed by atoms with van der Waals surface area (Å²) in [5, 5.41) is 3.20. The van der Waals surface area contributed by atoms with Crippen molar-refractivity contribution in [2.45, 2.75) is 26.4 Å². The SMILES string of the molecule is CC(C)NCc1ncncc1N(C)S(C)(=O)=O. The van der Waals surface area contributed by atoms with Crippen molar-refractivity contribution in [3.8, 4) is 0 Å². The maximum atomic E-state index is 11.5. The first-order valence-corrected chi connectivity index (χ1v) is 7.13. The maximum Gasteiger partial charge on any atom is 0.232 e. The largest absolute Gasteiger partial charge is 0.309 e. The normalized spacial score (nSPS) is 11.8. The third kappa shape index (κ3) is 3.94. The molecule has 1 N–H and O–H groups in total. The molecule has 96 valence electrons. The summed E-state index contributed by atoms with van der Waals surface area (Å²) >= 11 is 0. The van der Waals surface area contributed by atoms with E-state index in [1.807, 2.05) is 13.8 Å². The van der Waals surface area contributed by atoms with Gasteiger partial charge in [0, 0.05) is 19.6 Å². The Balaban J connectivity index is 3.00. The second-order valence-corrected chi connectivity index (χ2v) is 6.13. The van der Waals surface area contributed by atoms with Crippen molar-refractivity contribution in [3.05, 3.63) is 18.2 Å². The summed E-state index contributed by atoms with van der Waals surface area (Å²) < 4.78 is 24.1. The van der Waals surface area contributed by atoms with Crippen molar-refractivity contribution in [3.63, 3.8) is 0 Å². The van der Waals surface area contributed by atoms with E-state index >= 15 is 0 Å². The Morgan fingerprint density at radius 2 is 2.12 bits per heavy atom. The van der Waals surface area contributed by atoms with Crippen molar-refractivity contribution in [1.29, 1.82) is 0 Å². The molecule has 0 saturated carbocycles. The summed E-state index contributed by atoms with van der Waals surface area (Å²) in [5.41, 5.74) is 1.17. The summed E-state index contributed by atoms with van der Waals surface area (Å²) in [7, 11) is -1.80. The Morgan fingerprint density at radius 3 is 2.65 bits per heavy atom. The van der Waals surface area contributed by atoms with Crippen LogP contribution in [0.2, 0.25) is 0 Å². The number of hydrogen-bond acceptors (Lipinski definition) is 5. The van der Waals surface area contributed by atoms with Gasteiger partial charge in [0.15, 0.2) is 0 Å². The lowest BCUT2D eigenvalue weighted by atomic mass is 10.3. The van der Waals surface area contributed by atoms with Crippen LogP contribution in [0.4, 0.5) is 5.69 Å². The van der Waals surface area contributed by atoms with Gasteiger partial charge in [0.2, 0.25) is 10.0 Å². The van der Waals surface area contributed by atoms with E-state index in [9.17, 15) is 8.42 Å². The van der Waals surface area contributed by atoms with E-state index in [2.05, 4.69) is 15.3 Å². The van der Waals surface area contributed by atoms with Gasteiger partial charge in [-0.15, -0.1) is 0 Å². The second kappa shape index (κ2) is 5.42. The van der Waals surface area contributed by atoms with Crippen LogP contribution >= 0.6 is 0 Å². The fourth-order valence-corrected chi connectivity index (χ4v) is 1.74. The number of nitrogens with one attached hydrogen (secondary N) is 1. The number of sulfonamides is 1. The summed E-state index contributed by atoms with van der Waals surface area (Å²) in [6, 6.07) is 0.307. The molecular weight excluding hydrogens is 240 g/mol. The molecule has 0 aliphatic rings. The fourth-order valence-electron chi connectivity index (χ4n) is 1.23. The van der Waals surface area contributed by atoms with E-state index < -0.39 is 10.0 Å². The summed E-state index contributed by atoms with van der Waals surface area (Å²) in [6.07, 6.45) is 4.07. The molecule has 7 heteroatoms. The zero-order valence-corrected chi connectivity index (χ0v) is 11.3. The molecule has 0 fully saturated rings. The van der Waals surface area contributed by atoms with Gasteiger partial charge in [-0.25, -0.2) is 18.4 Å². The average molecular weight is 258 g/mol. The van der Waals surface area contributed by atoms with Crippen LogP contribution in [-0.4, -0.2) is 37.7 Å². The van der Waals surface area contributed by atoms with Gasteiger partial charge in [-0.05, 0) is 0 Å². The average Bonchev–Trinajstić information content (AvgIpc) is 2.24. The number of nitrogens with zero attached hydrogens (tertiary/aromatic N) is 3. The molecule has 1 heterocycles. The molecular formula is C10H18N4O2S. The molecule has 0 bridgehead atoms. The highest BCUT2D eigenvalue weighted by Gasteiger charge is 2.16. The Bertz CT molecular complexity index is 473. The molecule has 0 aromatic carbocycles. The van der Waals surface area contributed by atoms with Crippen LogP contribution in [0.5, 0.6) is 0 Å². The molecule has 0 radical (unpaired) electrons. The van der Waals surface area contributed by atoms with Crippen molar-refractivity contribution in [2.24, 2.45) is 0 Å². The van der Waals surface area contributed by atoms with Crippen LogP contribution < -0.4 is 9.62 Å². The topological polar surface area (TPSA) is 75.2 Å². The number of aromatic nitrogens is 2. The van der Waals surface area contributed by atoms with E-state index in [1.165, 1.54) is 23.9 Å². The Morgan fingerprint density at radius 1 is 1.47 bits per heavy atom. The van der Waals surface area contributed by atoms with Crippen LogP contribution in [-0.2, 0) is 16.6 Å². The molecule has 0 unspecified atom stereocenters. The van der Waals surface area contributed by atoms with E-state index in [1.54, 1.807) is 0 Å². The van der Waals surface area contributed by atoms with Crippen molar-refractivity contribution >= 4 is 15.7 Å². The third-order valence-electron chi connectivity index (χ3n) is 2.29. The zero-order chi connectivity index (χ0) is 13.1. The first kappa shape index (κ1) is 13.9. The number of hydrogen-bond donors (Lipinski definition) is 1. The Kier molecular flexibility index (Phi) is 4.41. The highest BCUT2D eigenvalue weighted by Crippen LogP contribution is 2.17. The molecule has 1 rings (SSSR count). The minimum atomic E-state index is -3.29. The van der Waals surface area contributed by atoms with Crippen molar-refractivity contribution < 1.29 is 8.42 Å². The van der Waals surface area contributed by atoms with Gasteiger partial charge in [-0.1, -0.05) is 13.8 Å². The molecule has 0 amide bonds. The molecule has 0 saturated heterocycles. The molecule has 1 aromatic heterocycles. The first-order chi connectivity index (χ1) is 7.82. The predicted molar refractivity (Wildman–Crippen MR) is 67.3 cm³/mol. The highest BCUT2D eigenvalue weighted by atomic mass is 32.2. The predicted octanol–water partition coefficient (Wildman–Crippen LogP) is 0.370. The van der Waals surface area contributed by atoms with Crippen LogP contribution in [0.3, 0.4) is 0 Å². The monoisotopic (exact) mass is 258 g/mol.